The number of hydrogen-bond acceptors (Lipinski definition) is 6. The molecule has 0 atom stereocenters. The third-order valence-corrected chi connectivity index (χ3v) is 5.45. The largest absolute Gasteiger partial charge is 0.481 e. The van der Waals surface area contributed by atoms with Crippen LogP contribution in [0.1, 0.15) is 17.2 Å². The van der Waals surface area contributed by atoms with E-state index in [1.54, 1.807) is 23.4 Å². The summed E-state index contributed by atoms with van der Waals surface area (Å²) in [7, 11) is 0. The molecule has 1 saturated heterocycles. The third kappa shape index (κ3) is 4.50. The summed E-state index contributed by atoms with van der Waals surface area (Å²) in [6.45, 7) is 8.03. The molecular weight excluding hydrogens is 399 g/mol. The van der Waals surface area contributed by atoms with E-state index >= 15 is 0 Å². The molecule has 1 aromatic carbocycles. The Bertz CT molecular complexity index is 1090. The van der Waals surface area contributed by atoms with Crippen LogP contribution in [-0.2, 0) is 4.79 Å². The Morgan fingerprint density at radius 1 is 1.06 bits per heavy atom. The predicted molar refractivity (Wildman–Crippen MR) is 114 cm³/mol. The van der Waals surface area contributed by atoms with Crippen molar-refractivity contribution in [2.45, 2.75) is 20.8 Å². The summed E-state index contributed by atoms with van der Waals surface area (Å²) in [6.07, 6.45) is 1.77. The van der Waals surface area contributed by atoms with Crippen molar-refractivity contribution in [3.05, 3.63) is 59.7 Å². The number of aromatic nitrogens is 4. The summed E-state index contributed by atoms with van der Waals surface area (Å²) in [5, 5.41) is 0. The van der Waals surface area contributed by atoms with Crippen LogP contribution in [0.5, 0.6) is 5.75 Å². The highest BCUT2D eigenvalue weighted by atomic mass is 19.1. The van der Waals surface area contributed by atoms with E-state index < -0.39 is 5.82 Å². The van der Waals surface area contributed by atoms with Crippen molar-refractivity contribution in [1.29, 1.82) is 0 Å². The van der Waals surface area contributed by atoms with Gasteiger partial charge < -0.3 is 14.5 Å². The van der Waals surface area contributed by atoms with Crippen molar-refractivity contribution < 1.29 is 13.9 Å². The number of hydrogen-bond donors (Lipinski definition) is 0. The fourth-order valence-corrected chi connectivity index (χ4v) is 3.53. The van der Waals surface area contributed by atoms with E-state index in [-0.39, 0.29) is 18.3 Å². The number of piperazine rings is 1. The molecule has 0 N–H and O–H groups in total. The standard InChI is InChI=1S/C22H25FN6O2/c1-15-16(2)29(14-24-15)21-12-20(25-17(3)26-21)27-8-10-28(11-9-27)22(30)13-31-19-7-5-4-6-18(19)23/h4-7,12,14H,8-11,13H2,1-3H3. The van der Waals surface area contributed by atoms with E-state index in [4.69, 9.17) is 4.74 Å². The van der Waals surface area contributed by atoms with Gasteiger partial charge in [0, 0.05) is 37.9 Å². The number of carbonyl (C=O) groups excluding carboxylic acids is 1. The molecule has 1 fully saturated rings. The summed E-state index contributed by atoms with van der Waals surface area (Å²) in [5.41, 5.74) is 2.00. The number of para-hydroxylation sites is 1. The maximum absolute atomic E-state index is 13.7. The minimum atomic E-state index is -0.474. The molecule has 0 spiro atoms. The highest BCUT2D eigenvalue weighted by Gasteiger charge is 2.23. The topological polar surface area (TPSA) is 76.4 Å². The molecule has 0 aliphatic carbocycles. The Balaban J connectivity index is 1.39. The van der Waals surface area contributed by atoms with Crippen LogP contribution in [0.4, 0.5) is 10.2 Å². The van der Waals surface area contributed by atoms with Gasteiger partial charge in [0.05, 0.1) is 5.69 Å². The molecule has 1 aliphatic rings. The SMILES string of the molecule is Cc1nc(N2CCN(C(=O)COc3ccccc3F)CC2)cc(-n2cnc(C)c2C)n1. The summed E-state index contributed by atoms with van der Waals surface area (Å²) >= 11 is 0. The van der Waals surface area contributed by atoms with E-state index in [2.05, 4.69) is 19.9 Å². The van der Waals surface area contributed by atoms with Crippen molar-refractivity contribution in [1.82, 2.24) is 24.4 Å². The number of ether oxygens (including phenoxy) is 1. The molecule has 2 aromatic heterocycles. The number of halogens is 1. The van der Waals surface area contributed by atoms with Crippen LogP contribution >= 0.6 is 0 Å². The van der Waals surface area contributed by atoms with Crippen LogP contribution in [0, 0.1) is 26.6 Å². The van der Waals surface area contributed by atoms with Crippen LogP contribution in [0.25, 0.3) is 5.82 Å². The van der Waals surface area contributed by atoms with E-state index in [1.165, 1.54) is 12.1 Å². The quantitative estimate of drug-likeness (QED) is 0.626. The minimum Gasteiger partial charge on any atom is -0.481 e. The normalized spacial score (nSPS) is 14.1. The van der Waals surface area contributed by atoms with Gasteiger partial charge in [-0.15, -0.1) is 0 Å². The predicted octanol–water partition coefficient (Wildman–Crippen LogP) is 2.45. The van der Waals surface area contributed by atoms with E-state index in [0.717, 1.165) is 23.0 Å². The molecule has 9 heteroatoms. The van der Waals surface area contributed by atoms with Crippen LogP contribution in [0.2, 0.25) is 0 Å². The molecular formula is C22H25FN6O2. The Labute approximate surface area is 180 Å². The van der Waals surface area contributed by atoms with E-state index in [9.17, 15) is 9.18 Å². The lowest BCUT2D eigenvalue weighted by molar-refractivity contribution is -0.133. The molecule has 0 radical (unpaired) electrons. The molecule has 1 amide bonds. The highest BCUT2D eigenvalue weighted by Crippen LogP contribution is 2.20. The van der Waals surface area contributed by atoms with Crippen LogP contribution in [-0.4, -0.2) is 63.1 Å². The summed E-state index contributed by atoms with van der Waals surface area (Å²) < 4.78 is 21.0. The number of imidazole rings is 1. The number of aryl methyl sites for hydroxylation is 2. The van der Waals surface area contributed by atoms with Gasteiger partial charge >= 0.3 is 0 Å². The molecule has 0 unspecified atom stereocenters. The van der Waals surface area contributed by atoms with Gasteiger partial charge in [0.25, 0.3) is 5.91 Å². The van der Waals surface area contributed by atoms with Crippen LogP contribution in [0.3, 0.4) is 0 Å². The summed E-state index contributed by atoms with van der Waals surface area (Å²) in [4.78, 5) is 29.8. The molecule has 31 heavy (non-hydrogen) atoms. The summed E-state index contributed by atoms with van der Waals surface area (Å²) in [5.74, 6) is 1.73. The lowest BCUT2D eigenvalue weighted by atomic mass is 10.3. The van der Waals surface area contributed by atoms with Crippen molar-refractivity contribution in [3.63, 3.8) is 0 Å². The molecule has 4 rings (SSSR count). The van der Waals surface area contributed by atoms with Crippen molar-refractivity contribution >= 4 is 11.7 Å². The van der Waals surface area contributed by atoms with Gasteiger partial charge in [-0.2, -0.15) is 0 Å². The molecule has 3 heterocycles. The Hall–Kier alpha value is -3.49. The Kier molecular flexibility index (Phi) is 5.83. The first kappa shape index (κ1) is 20.8. The van der Waals surface area contributed by atoms with Gasteiger partial charge in [-0.3, -0.25) is 9.36 Å². The number of carbonyl (C=O) groups is 1. The van der Waals surface area contributed by atoms with Crippen LogP contribution < -0.4 is 9.64 Å². The van der Waals surface area contributed by atoms with E-state index in [1.807, 2.05) is 31.4 Å². The van der Waals surface area contributed by atoms with Gasteiger partial charge in [-0.25, -0.2) is 19.3 Å². The average Bonchev–Trinajstić information content (AvgIpc) is 3.11. The Morgan fingerprint density at radius 3 is 2.45 bits per heavy atom. The number of anilines is 1. The van der Waals surface area contributed by atoms with Gasteiger partial charge in [-0.05, 0) is 32.9 Å². The summed E-state index contributed by atoms with van der Waals surface area (Å²) in [6, 6.07) is 8.02. The first-order chi connectivity index (χ1) is 14.9. The smallest absolute Gasteiger partial charge is 0.260 e. The number of amides is 1. The Morgan fingerprint density at radius 2 is 1.77 bits per heavy atom. The number of benzene rings is 1. The molecule has 0 saturated carbocycles. The zero-order valence-electron chi connectivity index (χ0n) is 17.9. The molecule has 3 aromatic rings. The maximum atomic E-state index is 13.7. The highest BCUT2D eigenvalue weighted by molar-refractivity contribution is 5.78. The van der Waals surface area contributed by atoms with Gasteiger partial charge in [-0.1, -0.05) is 12.1 Å². The van der Waals surface area contributed by atoms with Gasteiger partial charge in [0.15, 0.2) is 18.2 Å². The van der Waals surface area contributed by atoms with E-state index in [0.29, 0.717) is 32.0 Å². The van der Waals surface area contributed by atoms with Crippen LogP contribution in [0.15, 0.2) is 36.7 Å². The molecule has 8 nitrogen and oxygen atoms in total. The zero-order valence-corrected chi connectivity index (χ0v) is 17.9. The second kappa shape index (κ2) is 8.71. The lowest BCUT2D eigenvalue weighted by Crippen LogP contribution is -2.50. The maximum Gasteiger partial charge on any atom is 0.260 e. The molecule has 0 bridgehead atoms. The first-order valence-electron chi connectivity index (χ1n) is 10.2. The van der Waals surface area contributed by atoms with Crippen molar-refractivity contribution in [2.24, 2.45) is 0 Å². The molecule has 162 valence electrons. The monoisotopic (exact) mass is 424 g/mol. The first-order valence-corrected chi connectivity index (χ1v) is 10.2. The zero-order chi connectivity index (χ0) is 22.0. The fraction of sp³-hybridized carbons (Fsp3) is 0.364. The van der Waals surface area contributed by atoms with Gasteiger partial charge in [0.2, 0.25) is 0 Å². The average molecular weight is 424 g/mol. The number of rotatable bonds is 5. The number of nitrogens with zero attached hydrogens (tertiary/aromatic N) is 6. The second-order valence-electron chi connectivity index (χ2n) is 7.50. The molecule has 1 aliphatic heterocycles. The van der Waals surface area contributed by atoms with Crippen molar-refractivity contribution in [3.8, 4) is 11.6 Å². The second-order valence-corrected chi connectivity index (χ2v) is 7.50. The minimum absolute atomic E-state index is 0.0866. The third-order valence-electron chi connectivity index (χ3n) is 5.45. The fourth-order valence-electron chi connectivity index (χ4n) is 3.53. The van der Waals surface area contributed by atoms with Crippen molar-refractivity contribution in [2.75, 3.05) is 37.7 Å². The van der Waals surface area contributed by atoms with Gasteiger partial charge in [0.1, 0.15) is 23.8 Å². The lowest BCUT2D eigenvalue weighted by Gasteiger charge is -2.35.